The highest BCUT2D eigenvalue weighted by atomic mass is 35.5. The molecule has 0 aromatic heterocycles. The predicted octanol–water partition coefficient (Wildman–Crippen LogP) is 2.12. The van der Waals surface area contributed by atoms with E-state index in [4.69, 9.17) is 16.7 Å². The van der Waals surface area contributed by atoms with Crippen LogP contribution in [0.5, 0.6) is 0 Å². The zero-order chi connectivity index (χ0) is 14.8. The fraction of sp³-hybridized carbons (Fsp3) is 0.462. The number of nitrogens with one attached hydrogen (secondary N) is 1. The number of hydrogen-bond acceptors (Lipinski definition) is 3. The van der Waals surface area contributed by atoms with Crippen molar-refractivity contribution < 1.29 is 18.3 Å². The van der Waals surface area contributed by atoms with Crippen molar-refractivity contribution in [1.82, 2.24) is 4.72 Å². The first-order valence-electron chi connectivity index (χ1n) is 6.38. The van der Waals surface area contributed by atoms with Crippen molar-refractivity contribution in [2.75, 3.05) is 6.54 Å². The number of halogens is 1. The summed E-state index contributed by atoms with van der Waals surface area (Å²) in [6.45, 7) is 0.155. The van der Waals surface area contributed by atoms with Crippen molar-refractivity contribution in [2.24, 2.45) is 11.8 Å². The van der Waals surface area contributed by atoms with E-state index < -0.39 is 21.9 Å². The third-order valence-electron chi connectivity index (χ3n) is 3.64. The van der Waals surface area contributed by atoms with E-state index in [0.29, 0.717) is 11.4 Å². The summed E-state index contributed by atoms with van der Waals surface area (Å²) < 4.78 is 26.6. The first-order valence-corrected chi connectivity index (χ1v) is 8.24. The molecule has 1 saturated carbocycles. The first kappa shape index (κ1) is 15.3. The maximum absolute atomic E-state index is 12.1. The van der Waals surface area contributed by atoms with E-state index >= 15 is 0 Å². The van der Waals surface area contributed by atoms with Crippen molar-refractivity contribution in [3.05, 3.63) is 29.3 Å². The molecule has 0 aliphatic heterocycles. The van der Waals surface area contributed by atoms with Crippen LogP contribution in [0.15, 0.2) is 29.2 Å². The van der Waals surface area contributed by atoms with Gasteiger partial charge in [0.05, 0.1) is 10.8 Å². The van der Waals surface area contributed by atoms with Crippen LogP contribution in [0.1, 0.15) is 19.3 Å². The molecule has 1 aromatic rings. The number of sulfonamides is 1. The molecular weight excluding hydrogens is 302 g/mol. The molecule has 0 amide bonds. The van der Waals surface area contributed by atoms with Gasteiger partial charge in [-0.25, -0.2) is 13.1 Å². The van der Waals surface area contributed by atoms with Crippen LogP contribution in [0.4, 0.5) is 0 Å². The Morgan fingerprint density at radius 3 is 2.55 bits per heavy atom. The van der Waals surface area contributed by atoms with Gasteiger partial charge in [0.25, 0.3) is 0 Å². The Labute approximate surface area is 123 Å². The van der Waals surface area contributed by atoms with E-state index in [1.54, 1.807) is 0 Å². The summed E-state index contributed by atoms with van der Waals surface area (Å²) in [6.07, 6.45) is 2.17. The topological polar surface area (TPSA) is 83.5 Å². The summed E-state index contributed by atoms with van der Waals surface area (Å²) in [4.78, 5) is 11.2. The largest absolute Gasteiger partial charge is 0.481 e. The van der Waals surface area contributed by atoms with Gasteiger partial charge in [0.1, 0.15) is 0 Å². The number of rotatable bonds is 5. The summed E-state index contributed by atoms with van der Waals surface area (Å²) in [5.74, 6) is -1.45. The van der Waals surface area contributed by atoms with Crippen LogP contribution in [0, 0.1) is 11.8 Å². The molecule has 1 fully saturated rings. The molecule has 20 heavy (non-hydrogen) atoms. The number of carboxylic acid groups (broad SMARTS) is 1. The Morgan fingerprint density at radius 1 is 1.30 bits per heavy atom. The van der Waals surface area contributed by atoms with Gasteiger partial charge in [-0.15, -0.1) is 0 Å². The Morgan fingerprint density at radius 2 is 1.95 bits per heavy atom. The molecule has 0 radical (unpaired) electrons. The van der Waals surface area contributed by atoms with E-state index in [2.05, 4.69) is 4.72 Å². The molecule has 2 N–H and O–H groups in total. The average Bonchev–Trinajstić information content (AvgIpc) is 2.85. The maximum Gasteiger partial charge on any atom is 0.306 e. The monoisotopic (exact) mass is 317 g/mol. The minimum Gasteiger partial charge on any atom is -0.481 e. The van der Waals surface area contributed by atoms with Gasteiger partial charge < -0.3 is 5.11 Å². The molecule has 110 valence electrons. The SMILES string of the molecule is O=C(O)C1CCCC1CNS(=O)(=O)c1ccc(Cl)cc1. The third-order valence-corrected chi connectivity index (χ3v) is 5.33. The number of benzene rings is 1. The van der Waals surface area contributed by atoms with Crippen molar-refractivity contribution in [2.45, 2.75) is 24.2 Å². The highest BCUT2D eigenvalue weighted by Gasteiger charge is 2.33. The zero-order valence-corrected chi connectivity index (χ0v) is 12.3. The molecule has 2 atom stereocenters. The quantitative estimate of drug-likeness (QED) is 0.871. The van der Waals surface area contributed by atoms with Crippen LogP contribution in [0.3, 0.4) is 0 Å². The summed E-state index contributed by atoms with van der Waals surface area (Å²) >= 11 is 5.72. The molecule has 0 heterocycles. The van der Waals surface area contributed by atoms with Crippen LogP contribution in [0.2, 0.25) is 5.02 Å². The van der Waals surface area contributed by atoms with Crippen LogP contribution in [-0.2, 0) is 14.8 Å². The Bertz CT molecular complexity index is 585. The summed E-state index contributed by atoms with van der Waals surface area (Å²) in [6, 6.07) is 5.86. The number of aliphatic carboxylic acids is 1. The molecule has 2 unspecified atom stereocenters. The summed E-state index contributed by atoms with van der Waals surface area (Å²) in [5, 5.41) is 9.53. The predicted molar refractivity (Wildman–Crippen MR) is 75.1 cm³/mol. The first-order chi connectivity index (χ1) is 9.40. The average molecular weight is 318 g/mol. The van der Waals surface area contributed by atoms with Gasteiger partial charge in [-0.1, -0.05) is 18.0 Å². The van der Waals surface area contributed by atoms with Crippen molar-refractivity contribution >= 4 is 27.6 Å². The van der Waals surface area contributed by atoms with Gasteiger partial charge in [-0.2, -0.15) is 0 Å². The van der Waals surface area contributed by atoms with Crippen molar-refractivity contribution in [1.29, 1.82) is 0 Å². The van der Waals surface area contributed by atoms with Crippen molar-refractivity contribution in [3.63, 3.8) is 0 Å². The lowest BCUT2D eigenvalue weighted by Gasteiger charge is -2.16. The maximum atomic E-state index is 12.1. The van der Waals surface area contributed by atoms with Crippen LogP contribution >= 0.6 is 11.6 Å². The van der Waals surface area contributed by atoms with Gasteiger partial charge in [0, 0.05) is 11.6 Å². The molecule has 1 aliphatic carbocycles. The van der Waals surface area contributed by atoms with Crippen LogP contribution in [-0.4, -0.2) is 26.0 Å². The van der Waals surface area contributed by atoms with Crippen LogP contribution < -0.4 is 4.72 Å². The second-order valence-corrected chi connectivity index (χ2v) is 7.14. The van der Waals surface area contributed by atoms with E-state index in [0.717, 1.165) is 12.8 Å². The molecular formula is C13H16ClNO4S. The lowest BCUT2D eigenvalue weighted by molar-refractivity contribution is -0.142. The normalized spacial score (nSPS) is 22.9. The van der Waals surface area contributed by atoms with Gasteiger partial charge in [-0.3, -0.25) is 4.79 Å². The van der Waals surface area contributed by atoms with Gasteiger partial charge in [0.15, 0.2) is 0 Å². The molecule has 0 saturated heterocycles. The fourth-order valence-corrected chi connectivity index (χ4v) is 3.74. The second-order valence-electron chi connectivity index (χ2n) is 4.94. The second kappa shape index (κ2) is 6.11. The van der Waals surface area contributed by atoms with Gasteiger partial charge in [0.2, 0.25) is 10.0 Å². The summed E-state index contributed by atoms with van der Waals surface area (Å²) in [7, 11) is -3.62. The Hall–Kier alpha value is -1.11. The number of carbonyl (C=O) groups is 1. The zero-order valence-electron chi connectivity index (χ0n) is 10.8. The van der Waals surface area contributed by atoms with Gasteiger partial charge >= 0.3 is 5.97 Å². The third kappa shape index (κ3) is 3.50. The van der Waals surface area contributed by atoms with Crippen LogP contribution in [0.25, 0.3) is 0 Å². The lowest BCUT2D eigenvalue weighted by atomic mass is 9.97. The standard InChI is InChI=1S/C13H16ClNO4S/c14-10-4-6-11(7-5-10)20(18,19)15-8-9-2-1-3-12(9)13(16)17/h4-7,9,12,15H,1-3,8H2,(H,16,17). The molecule has 1 aromatic carbocycles. The van der Waals surface area contributed by atoms with Gasteiger partial charge in [-0.05, 0) is 43.0 Å². The Balaban J connectivity index is 2.02. The minimum atomic E-state index is -3.62. The Kier molecular flexibility index (Phi) is 4.67. The highest BCUT2D eigenvalue weighted by molar-refractivity contribution is 7.89. The molecule has 0 bridgehead atoms. The highest BCUT2D eigenvalue weighted by Crippen LogP contribution is 2.31. The minimum absolute atomic E-state index is 0.131. The fourth-order valence-electron chi connectivity index (χ4n) is 2.52. The van der Waals surface area contributed by atoms with E-state index in [1.165, 1.54) is 24.3 Å². The molecule has 0 spiro atoms. The van der Waals surface area contributed by atoms with E-state index in [-0.39, 0.29) is 17.4 Å². The van der Waals surface area contributed by atoms with E-state index in [1.807, 2.05) is 0 Å². The number of hydrogen-bond donors (Lipinski definition) is 2. The molecule has 2 rings (SSSR count). The lowest BCUT2D eigenvalue weighted by Crippen LogP contribution is -2.33. The smallest absolute Gasteiger partial charge is 0.306 e. The van der Waals surface area contributed by atoms with E-state index in [9.17, 15) is 13.2 Å². The van der Waals surface area contributed by atoms with Crippen molar-refractivity contribution in [3.8, 4) is 0 Å². The number of carboxylic acids is 1. The molecule has 5 nitrogen and oxygen atoms in total. The molecule has 1 aliphatic rings. The summed E-state index contributed by atoms with van der Waals surface area (Å²) in [5.41, 5.74) is 0. The molecule has 7 heteroatoms.